The van der Waals surface area contributed by atoms with Gasteiger partial charge in [0.25, 0.3) is 0 Å². The molecule has 4 rings (SSSR count). The molecule has 1 atom stereocenters. The van der Waals surface area contributed by atoms with E-state index < -0.39 is 17.5 Å². The summed E-state index contributed by atoms with van der Waals surface area (Å²) in [6, 6.07) is 8.24. The van der Waals surface area contributed by atoms with Crippen LogP contribution in [-0.4, -0.2) is 0 Å². The molecule has 0 bridgehead atoms. The maximum atomic E-state index is 13.6. The average molecular weight is 413 g/mol. The Balaban J connectivity index is 1.40. The number of hydrogen-bond acceptors (Lipinski definition) is 0. The molecule has 160 valence electrons. The van der Waals surface area contributed by atoms with Crippen LogP contribution in [0.4, 0.5) is 13.2 Å². The Morgan fingerprint density at radius 1 is 0.833 bits per heavy atom. The molecule has 3 heteroatoms. The van der Waals surface area contributed by atoms with E-state index in [4.69, 9.17) is 0 Å². The maximum Gasteiger partial charge on any atom is 0.194 e. The van der Waals surface area contributed by atoms with Crippen LogP contribution in [-0.2, 0) is 12.8 Å². The van der Waals surface area contributed by atoms with E-state index in [-0.39, 0.29) is 0 Å². The second-order valence-corrected chi connectivity index (χ2v) is 9.17. The van der Waals surface area contributed by atoms with Gasteiger partial charge in [-0.05, 0) is 104 Å². The van der Waals surface area contributed by atoms with E-state index in [2.05, 4.69) is 25.1 Å². The summed E-state index contributed by atoms with van der Waals surface area (Å²) in [5, 5.41) is 0. The molecule has 0 nitrogen and oxygen atoms in total. The summed E-state index contributed by atoms with van der Waals surface area (Å²) in [6.45, 7) is 2.09. The minimum absolute atomic E-state index is 0.396. The predicted molar refractivity (Wildman–Crippen MR) is 117 cm³/mol. The zero-order chi connectivity index (χ0) is 21.1. The third-order valence-corrected chi connectivity index (χ3v) is 7.33. The highest BCUT2D eigenvalue weighted by Gasteiger charge is 2.30. The van der Waals surface area contributed by atoms with Crippen LogP contribution in [0.5, 0.6) is 0 Å². The molecular formula is C27H31F3. The molecule has 2 aliphatic rings. The first kappa shape index (κ1) is 21.2. The third-order valence-electron chi connectivity index (χ3n) is 7.33. The van der Waals surface area contributed by atoms with Crippen LogP contribution in [0.3, 0.4) is 0 Å². The Morgan fingerprint density at radius 2 is 1.57 bits per heavy atom. The first-order valence-electron chi connectivity index (χ1n) is 11.4. The summed E-state index contributed by atoms with van der Waals surface area (Å²) in [5.41, 5.74) is 3.79. The Bertz CT molecular complexity index is 883. The van der Waals surface area contributed by atoms with Gasteiger partial charge in [-0.3, -0.25) is 0 Å². The second kappa shape index (κ2) is 9.41. The van der Waals surface area contributed by atoms with Crippen molar-refractivity contribution in [3.05, 3.63) is 71.1 Å². The van der Waals surface area contributed by atoms with Crippen LogP contribution >= 0.6 is 0 Å². The molecule has 1 saturated carbocycles. The molecule has 0 heterocycles. The maximum absolute atomic E-state index is 13.6. The lowest BCUT2D eigenvalue weighted by atomic mass is 9.69. The van der Waals surface area contributed by atoms with E-state index in [1.165, 1.54) is 56.1 Å². The Hall–Kier alpha value is -2.03. The van der Waals surface area contributed by atoms with Gasteiger partial charge in [-0.2, -0.15) is 0 Å². The van der Waals surface area contributed by atoms with Crippen LogP contribution < -0.4 is 0 Å². The molecular weight excluding hydrogens is 381 g/mol. The van der Waals surface area contributed by atoms with Gasteiger partial charge in [-0.25, -0.2) is 13.2 Å². The second-order valence-electron chi connectivity index (χ2n) is 9.17. The quantitative estimate of drug-likeness (QED) is 0.344. The van der Waals surface area contributed by atoms with Gasteiger partial charge in [0.1, 0.15) is 0 Å². The Morgan fingerprint density at radius 3 is 2.27 bits per heavy atom. The summed E-state index contributed by atoms with van der Waals surface area (Å²) in [4.78, 5) is 0. The molecule has 2 aromatic rings. The van der Waals surface area contributed by atoms with Crippen molar-refractivity contribution < 1.29 is 13.2 Å². The van der Waals surface area contributed by atoms with Gasteiger partial charge >= 0.3 is 0 Å². The van der Waals surface area contributed by atoms with E-state index >= 15 is 0 Å². The summed E-state index contributed by atoms with van der Waals surface area (Å²) in [5.74, 6) is -1.20. The fourth-order valence-electron chi connectivity index (χ4n) is 5.53. The molecule has 0 aliphatic heterocycles. The van der Waals surface area contributed by atoms with Gasteiger partial charge in [0.2, 0.25) is 0 Å². The van der Waals surface area contributed by atoms with Crippen molar-refractivity contribution >= 4 is 0 Å². The highest BCUT2D eigenvalue weighted by molar-refractivity contribution is 5.65. The van der Waals surface area contributed by atoms with Crippen LogP contribution in [0.1, 0.15) is 63.0 Å². The topological polar surface area (TPSA) is 0 Å². The first-order valence-corrected chi connectivity index (χ1v) is 11.4. The molecule has 0 N–H and O–H groups in total. The number of hydrogen-bond donors (Lipinski definition) is 0. The molecule has 0 aromatic heterocycles. The van der Waals surface area contributed by atoms with Crippen molar-refractivity contribution in [1.29, 1.82) is 0 Å². The summed E-state index contributed by atoms with van der Waals surface area (Å²) in [6.07, 6.45) is 15.7. The van der Waals surface area contributed by atoms with E-state index in [1.54, 1.807) is 0 Å². The van der Waals surface area contributed by atoms with E-state index in [9.17, 15) is 13.2 Å². The fraction of sp³-hybridized carbons (Fsp3) is 0.481. The molecule has 0 amide bonds. The normalized spacial score (nSPS) is 24.2. The number of benzene rings is 2. The van der Waals surface area contributed by atoms with Crippen LogP contribution in [0.15, 0.2) is 42.5 Å². The van der Waals surface area contributed by atoms with E-state index in [1.807, 2.05) is 12.1 Å². The van der Waals surface area contributed by atoms with Gasteiger partial charge in [-0.1, -0.05) is 43.2 Å². The van der Waals surface area contributed by atoms with Crippen molar-refractivity contribution in [2.75, 3.05) is 0 Å². The third kappa shape index (κ3) is 4.66. The molecule has 0 saturated heterocycles. The summed E-state index contributed by atoms with van der Waals surface area (Å²) < 4.78 is 40.5. The van der Waals surface area contributed by atoms with Crippen molar-refractivity contribution in [2.45, 2.75) is 64.7 Å². The summed E-state index contributed by atoms with van der Waals surface area (Å²) >= 11 is 0. The number of halogens is 3. The summed E-state index contributed by atoms with van der Waals surface area (Å²) in [7, 11) is 0. The highest BCUT2D eigenvalue weighted by atomic mass is 19.2. The Labute approximate surface area is 178 Å². The monoisotopic (exact) mass is 412 g/mol. The minimum atomic E-state index is -1.41. The number of allylic oxidation sites excluding steroid dienone is 2. The minimum Gasteiger partial charge on any atom is -0.204 e. The van der Waals surface area contributed by atoms with Gasteiger partial charge in [0.15, 0.2) is 17.5 Å². The molecule has 30 heavy (non-hydrogen) atoms. The van der Waals surface area contributed by atoms with Crippen molar-refractivity contribution in [2.24, 2.45) is 17.8 Å². The van der Waals surface area contributed by atoms with Crippen LogP contribution in [0.25, 0.3) is 11.1 Å². The predicted octanol–water partition coefficient (Wildman–Crippen LogP) is 8.04. The molecule has 1 unspecified atom stereocenters. The lowest BCUT2D eigenvalue weighted by Gasteiger charge is -2.36. The fourth-order valence-corrected chi connectivity index (χ4v) is 5.53. The highest BCUT2D eigenvalue weighted by Crippen LogP contribution is 2.41. The molecule has 2 aromatic carbocycles. The SMILES string of the molecule is C/C=C/CCC1CCC(C2CCc3cc(-c4cc(F)c(F)c(F)c4)ccc3C2)CC1. The van der Waals surface area contributed by atoms with Gasteiger partial charge in [-0.15, -0.1) is 0 Å². The van der Waals surface area contributed by atoms with Crippen LogP contribution in [0, 0.1) is 35.2 Å². The average Bonchev–Trinajstić information content (AvgIpc) is 2.77. The Kier molecular flexibility index (Phi) is 6.65. The lowest BCUT2D eigenvalue weighted by molar-refractivity contribution is 0.185. The van der Waals surface area contributed by atoms with Crippen molar-refractivity contribution in [3.8, 4) is 11.1 Å². The molecule has 2 aliphatic carbocycles. The first-order chi connectivity index (χ1) is 14.5. The zero-order valence-corrected chi connectivity index (χ0v) is 17.8. The number of fused-ring (bicyclic) bond motifs is 1. The molecule has 1 fully saturated rings. The molecule has 0 spiro atoms. The smallest absolute Gasteiger partial charge is 0.194 e. The molecule has 0 radical (unpaired) electrons. The van der Waals surface area contributed by atoms with Crippen molar-refractivity contribution in [1.82, 2.24) is 0 Å². The standard InChI is InChI=1S/C27H31F3/c1-2-3-4-5-18-6-8-19(9-7-18)20-10-11-22-15-23(13-12-21(22)14-20)24-16-25(28)27(30)26(29)17-24/h2-3,12-13,15-20H,4-11,14H2,1H3/b3-2+. The number of rotatable bonds is 5. The van der Waals surface area contributed by atoms with Crippen LogP contribution in [0.2, 0.25) is 0 Å². The van der Waals surface area contributed by atoms with E-state index in [0.717, 1.165) is 48.3 Å². The van der Waals surface area contributed by atoms with Gasteiger partial charge in [0, 0.05) is 0 Å². The number of aryl methyl sites for hydroxylation is 1. The zero-order valence-electron chi connectivity index (χ0n) is 17.8. The van der Waals surface area contributed by atoms with E-state index in [0.29, 0.717) is 5.56 Å². The van der Waals surface area contributed by atoms with Gasteiger partial charge in [0.05, 0.1) is 0 Å². The lowest BCUT2D eigenvalue weighted by Crippen LogP contribution is -2.26. The van der Waals surface area contributed by atoms with Crippen molar-refractivity contribution in [3.63, 3.8) is 0 Å². The van der Waals surface area contributed by atoms with Gasteiger partial charge < -0.3 is 0 Å². The largest absolute Gasteiger partial charge is 0.204 e.